The quantitative estimate of drug-likeness (QED) is 0.464. The molecule has 0 atom stereocenters. The predicted molar refractivity (Wildman–Crippen MR) is 117 cm³/mol. The number of aromatic amines is 1. The van der Waals surface area contributed by atoms with Crippen molar-refractivity contribution < 1.29 is 18.7 Å². The highest BCUT2D eigenvalue weighted by molar-refractivity contribution is 5.94. The minimum Gasteiger partial charge on any atom is -0.497 e. The molecule has 0 spiro atoms. The highest BCUT2D eigenvalue weighted by Crippen LogP contribution is 2.32. The molecule has 2 aromatic heterocycles. The van der Waals surface area contributed by atoms with E-state index in [0.717, 1.165) is 5.56 Å². The van der Waals surface area contributed by atoms with Gasteiger partial charge in [0.15, 0.2) is 5.65 Å². The van der Waals surface area contributed by atoms with Gasteiger partial charge in [0.05, 0.1) is 31.2 Å². The van der Waals surface area contributed by atoms with Crippen molar-refractivity contribution in [1.29, 1.82) is 0 Å². The number of hydrogen-bond acceptors (Lipinski definition) is 5. The second kappa shape index (κ2) is 8.93. The minimum atomic E-state index is -0.586. The van der Waals surface area contributed by atoms with Gasteiger partial charge >= 0.3 is 0 Å². The summed E-state index contributed by atoms with van der Waals surface area (Å²) in [5, 5.41) is 5.68. The number of nitrogens with one attached hydrogen (secondary N) is 2. The molecule has 0 aliphatic heterocycles. The Morgan fingerprint density at radius 1 is 1.12 bits per heavy atom. The molecular weight excluding hydrogens is 415 g/mol. The molecule has 0 fully saturated rings. The zero-order chi connectivity index (χ0) is 22.7. The molecule has 0 unspecified atom stereocenters. The van der Waals surface area contributed by atoms with Crippen molar-refractivity contribution in [2.24, 2.45) is 0 Å². The number of hydrogen-bond donors (Lipinski definition) is 2. The number of aromatic nitrogens is 3. The Bertz CT molecular complexity index is 1350. The molecule has 0 bridgehead atoms. The van der Waals surface area contributed by atoms with Gasteiger partial charge in [-0.15, -0.1) is 0 Å². The molecule has 0 saturated heterocycles. The van der Waals surface area contributed by atoms with E-state index < -0.39 is 11.7 Å². The van der Waals surface area contributed by atoms with Gasteiger partial charge in [-0.25, -0.2) is 13.9 Å². The first-order chi connectivity index (χ1) is 15.5. The van der Waals surface area contributed by atoms with Crippen molar-refractivity contribution in [2.75, 3.05) is 20.8 Å². The lowest BCUT2D eigenvalue weighted by Gasteiger charge is -2.08. The average Bonchev–Trinajstić information content (AvgIpc) is 3.23. The van der Waals surface area contributed by atoms with Gasteiger partial charge in [-0.1, -0.05) is 12.1 Å². The van der Waals surface area contributed by atoms with Crippen LogP contribution in [-0.4, -0.2) is 41.3 Å². The molecule has 2 aromatic carbocycles. The first-order valence-corrected chi connectivity index (χ1v) is 9.87. The molecule has 1 amide bonds. The number of rotatable bonds is 7. The van der Waals surface area contributed by atoms with Crippen LogP contribution >= 0.6 is 0 Å². The topological polar surface area (TPSA) is 97.7 Å². The van der Waals surface area contributed by atoms with Crippen LogP contribution in [0.2, 0.25) is 0 Å². The molecule has 0 aliphatic rings. The van der Waals surface area contributed by atoms with Crippen LogP contribution in [0.25, 0.3) is 16.9 Å². The number of carbonyl (C=O) groups excluding carboxylic acids is 1. The van der Waals surface area contributed by atoms with Crippen molar-refractivity contribution >= 4 is 11.6 Å². The molecule has 32 heavy (non-hydrogen) atoms. The van der Waals surface area contributed by atoms with E-state index in [1.165, 1.54) is 28.8 Å². The fraction of sp³-hybridized carbons (Fsp3) is 0.174. The Kier molecular flexibility index (Phi) is 5.89. The second-order valence-corrected chi connectivity index (χ2v) is 7.00. The van der Waals surface area contributed by atoms with Crippen LogP contribution in [0, 0.1) is 5.82 Å². The maximum absolute atomic E-state index is 13.7. The first-order valence-electron chi connectivity index (χ1n) is 9.87. The Morgan fingerprint density at radius 3 is 2.69 bits per heavy atom. The maximum atomic E-state index is 13.7. The third-order valence-electron chi connectivity index (χ3n) is 4.99. The van der Waals surface area contributed by atoms with E-state index in [4.69, 9.17) is 9.47 Å². The Labute approximate surface area is 182 Å². The van der Waals surface area contributed by atoms with Crippen LogP contribution in [0.1, 0.15) is 16.1 Å². The first kappa shape index (κ1) is 21.1. The molecule has 4 aromatic rings. The van der Waals surface area contributed by atoms with Crippen molar-refractivity contribution in [3.05, 3.63) is 82.0 Å². The summed E-state index contributed by atoms with van der Waals surface area (Å²) in [6, 6.07) is 14.3. The van der Waals surface area contributed by atoms with E-state index in [0.29, 0.717) is 35.0 Å². The molecule has 8 nitrogen and oxygen atoms in total. The largest absolute Gasteiger partial charge is 0.497 e. The molecular formula is C23H21FN4O4. The van der Waals surface area contributed by atoms with Crippen LogP contribution < -0.4 is 20.3 Å². The van der Waals surface area contributed by atoms with Crippen LogP contribution in [0.3, 0.4) is 0 Å². The Balaban J connectivity index is 1.54. The number of methoxy groups -OCH3 is 2. The number of fused-ring (bicyclic) bond motifs is 1. The summed E-state index contributed by atoms with van der Waals surface area (Å²) in [5.41, 5.74) is 2.02. The van der Waals surface area contributed by atoms with E-state index in [1.807, 2.05) is 6.07 Å². The van der Waals surface area contributed by atoms with Crippen molar-refractivity contribution in [2.45, 2.75) is 6.42 Å². The van der Waals surface area contributed by atoms with Crippen LogP contribution in [0.5, 0.6) is 11.5 Å². The lowest BCUT2D eigenvalue weighted by atomic mass is 10.1. The number of nitrogens with zero attached hydrogens (tertiary/aromatic N) is 2. The molecule has 4 rings (SSSR count). The van der Waals surface area contributed by atoms with Gasteiger partial charge in [-0.3, -0.25) is 14.7 Å². The van der Waals surface area contributed by atoms with Crippen molar-refractivity contribution in [3.63, 3.8) is 0 Å². The Hall–Kier alpha value is -4.14. The fourth-order valence-corrected chi connectivity index (χ4v) is 3.37. The number of amides is 1. The summed E-state index contributed by atoms with van der Waals surface area (Å²) in [6.07, 6.45) is 0.318. The lowest BCUT2D eigenvalue weighted by molar-refractivity contribution is 0.0950. The zero-order valence-electron chi connectivity index (χ0n) is 17.5. The number of halogens is 1. The summed E-state index contributed by atoms with van der Waals surface area (Å²) in [4.78, 5) is 29.2. The van der Waals surface area contributed by atoms with E-state index in [1.54, 1.807) is 38.5 Å². The second-order valence-electron chi connectivity index (χ2n) is 7.00. The van der Waals surface area contributed by atoms with Crippen LogP contribution in [0.15, 0.2) is 59.4 Å². The maximum Gasteiger partial charge on any atom is 0.272 e. The zero-order valence-corrected chi connectivity index (χ0v) is 17.5. The van der Waals surface area contributed by atoms with Gasteiger partial charge < -0.3 is 14.8 Å². The van der Waals surface area contributed by atoms with E-state index in [9.17, 15) is 14.0 Å². The van der Waals surface area contributed by atoms with Crippen molar-refractivity contribution in [1.82, 2.24) is 19.9 Å². The van der Waals surface area contributed by atoms with Gasteiger partial charge in [0.1, 0.15) is 17.3 Å². The summed E-state index contributed by atoms with van der Waals surface area (Å²) in [6.45, 7) is 0.208. The Morgan fingerprint density at radius 2 is 1.94 bits per heavy atom. The number of H-pyrrole nitrogens is 1. The third kappa shape index (κ3) is 4.18. The van der Waals surface area contributed by atoms with E-state index in [-0.39, 0.29) is 17.7 Å². The van der Waals surface area contributed by atoms with E-state index in [2.05, 4.69) is 15.4 Å². The van der Waals surface area contributed by atoms with Crippen molar-refractivity contribution in [3.8, 4) is 22.8 Å². The summed E-state index contributed by atoms with van der Waals surface area (Å²) < 4.78 is 25.7. The molecule has 9 heteroatoms. The molecule has 164 valence electrons. The molecule has 2 N–H and O–H groups in total. The highest BCUT2D eigenvalue weighted by atomic mass is 19.1. The highest BCUT2D eigenvalue weighted by Gasteiger charge is 2.14. The third-order valence-corrected chi connectivity index (χ3v) is 4.99. The summed E-state index contributed by atoms with van der Waals surface area (Å²) in [7, 11) is 3.13. The lowest BCUT2D eigenvalue weighted by Crippen LogP contribution is -2.27. The fourth-order valence-electron chi connectivity index (χ4n) is 3.37. The smallest absolute Gasteiger partial charge is 0.272 e. The molecule has 0 radical (unpaired) electrons. The van der Waals surface area contributed by atoms with Gasteiger partial charge in [0.2, 0.25) is 0 Å². The van der Waals surface area contributed by atoms with Gasteiger partial charge in [0, 0.05) is 36.7 Å². The molecule has 0 aliphatic carbocycles. The van der Waals surface area contributed by atoms with Crippen LogP contribution in [-0.2, 0) is 6.42 Å². The summed E-state index contributed by atoms with van der Waals surface area (Å²) >= 11 is 0. The predicted octanol–water partition coefficient (Wildman–Crippen LogP) is 2.82. The van der Waals surface area contributed by atoms with E-state index >= 15 is 0 Å². The van der Waals surface area contributed by atoms with Gasteiger partial charge in [-0.2, -0.15) is 0 Å². The minimum absolute atomic E-state index is 0.0281. The monoisotopic (exact) mass is 436 g/mol. The van der Waals surface area contributed by atoms with Gasteiger partial charge in [-0.05, 0) is 24.3 Å². The SMILES string of the molecule is COc1ccc(-c2cc3nc(CCNC(=O)c4ccccc4F)cc(=O)n3[nH]2)c(OC)c1. The average molecular weight is 436 g/mol. The molecule has 0 saturated carbocycles. The van der Waals surface area contributed by atoms with Gasteiger partial charge in [0.25, 0.3) is 11.5 Å². The standard InChI is InChI=1S/C23H21FN4O4/c1-31-15-7-8-17(20(12-15)32-2)19-13-21-26-14(11-22(29)28(21)27-19)9-10-25-23(30)16-5-3-4-6-18(16)24/h3-8,11-13,27H,9-10H2,1-2H3,(H,25,30). The summed E-state index contributed by atoms with van der Waals surface area (Å²) in [5.74, 6) is 0.129. The normalized spacial score (nSPS) is 10.8. The number of benzene rings is 2. The number of carbonyl (C=O) groups is 1. The number of ether oxygens (including phenoxy) is 2. The molecule has 2 heterocycles. The van der Waals surface area contributed by atoms with Crippen LogP contribution in [0.4, 0.5) is 4.39 Å².